The van der Waals surface area contributed by atoms with Crippen LogP contribution < -0.4 is 21.5 Å². The van der Waals surface area contributed by atoms with Crippen molar-refractivity contribution in [3.63, 3.8) is 0 Å². The highest BCUT2D eigenvalue weighted by atomic mass is 16.2. The van der Waals surface area contributed by atoms with Crippen molar-refractivity contribution < 1.29 is 4.79 Å². The van der Waals surface area contributed by atoms with E-state index in [2.05, 4.69) is 20.4 Å². The van der Waals surface area contributed by atoms with Gasteiger partial charge in [-0.1, -0.05) is 19.1 Å². The van der Waals surface area contributed by atoms with Crippen LogP contribution in [0.5, 0.6) is 0 Å². The first-order valence-electron chi connectivity index (χ1n) is 10.6. The van der Waals surface area contributed by atoms with E-state index >= 15 is 0 Å². The van der Waals surface area contributed by atoms with Crippen molar-refractivity contribution in [3.05, 3.63) is 80.8 Å². The number of H-pyrrole nitrogens is 1. The first kappa shape index (κ1) is 22.0. The molecule has 4 rings (SSSR count). The Kier molecular flexibility index (Phi) is 6.07. The van der Waals surface area contributed by atoms with Gasteiger partial charge in [-0.3, -0.25) is 19.1 Å². The molecule has 0 saturated heterocycles. The van der Waals surface area contributed by atoms with Gasteiger partial charge in [0.15, 0.2) is 0 Å². The molecule has 4 aromatic rings. The Morgan fingerprint density at radius 2 is 1.91 bits per heavy atom. The van der Waals surface area contributed by atoms with Crippen molar-refractivity contribution in [2.75, 3.05) is 24.3 Å². The Hall–Kier alpha value is -4.21. The number of aryl methyl sites for hydroxylation is 1. The van der Waals surface area contributed by atoms with Crippen LogP contribution in [0.25, 0.3) is 11.0 Å². The highest BCUT2D eigenvalue weighted by molar-refractivity contribution is 6.05. The average molecular weight is 447 g/mol. The van der Waals surface area contributed by atoms with Crippen molar-refractivity contribution >= 4 is 28.4 Å². The van der Waals surface area contributed by atoms with Crippen LogP contribution in [0.4, 0.5) is 11.5 Å². The van der Waals surface area contributed by atoms with Crippen LogP contribution in [0.3, 0.4) is 0 Å². The number of benzene rings is 1. The van der Waals surface area contributed by atoms with E-state index in [0.29, 0.717) is 25.3 Å². The molecule has 0 spiro atoms. The number of aromatic amines is 1. The number of nitrogens with one attached hydrogen (secondary N) is 2. The maximum atomic E-state index is 12.9. The zero-order chi connectivity index (χ0) is 23.5. The smallest absolute Gasteiger partial charge is 0.329 e. The first-order chi connectivity index (χ1) is 15.9. The Balaban J connectivity index is 1.57. The molecule has 10 nitrogen and oxygen atoms in total. The van der Waals surface area contributed by atoms with Crippen LogP contribution in [0.15, 0.2) is 58.4 Å². The molecular weight excluding hydrogens is 422 g/mol. The molecule has 33 heavy (non-hydrogen) atoms. The van der Waals surface area contributed by atoms with Gasteiger partial charge in [0.2, 0.25) is 0 Å². The van der Waals surface area contributed by atoms with Crippen molar-refractivity contribution in [1.29, 1.82) is 0 Å². The summed E-state index contributed by atoms with van der Waals surface area (Å²) in [5.41, 5.74) is 1.51. The zero-order valence-corrected chi connectivity index (χ0v) is 18.7. The predicted octanol–water partition coefficient (Wildman–Crippen LogP) is 2.06. The van der Waals surface area contributed by atoms with Gasteiger partial charge in [0.05, 0.1) is 23.7 Å². The number of fused-ring (bicyclic) bond motifs is 1. The number of aromatic nitrogens is 5. The molecule has 0 fully saturated rings. The van der Waals surface area contributed by atoms with E-state index in [9.17, 15) is 14.4 Å². The minimum absolute atomic E-state index is 0.185. The number of rotatable bonds is 7. The summed E-state index contributed by atoms with van der Waals surface area (Å²) in [6.07, 6.45) is 3.67. The van der Waals surface area contributed by atoms with Crippen molar-refractivity contribution in [3.8, 4) is 0 Å². The number of amides is 1. The molecule has 0 bridgehead atoms. The number of hydrogen-bond donors (Lipinski definition) is 2. The normalized spacial score (nSPS) is 11.0. The molecule has 1 amide bonds. The fraction of sp³-hybridized carbons (Fsp3) is 0.261. The average Bonchev–Trinajstić information content (AvgIpc) is 3.23. The molecule has 170 valence electrons. The van der Waals surface area contributed by atoms with Gasteiger partial charge in [-0.25, -0.2) is 14.5 Å². The lowest BCUT2D eigenvalue weighted by Gasteiger charge is -2.13. The number of carbonyl (C=O) groups excluding carboxylic acids is 1. The van der Waals surface area contributed by atoms with E-state index in [4.69, 9.17) is 0 Å². The van der Waals surface area contributed by atoms with Gasteiger partial charge in [0.25, 0.3) is 11.5 Å². The third-order valence-corrected chi connectivity index (χ3v) is 5.29. The summed E-state index contributed by atoms with van der Waals surface area (Å²) >= 11 is 0. The molecule has 0 aliphatic rings. The van der Waals surface area contributed by atoms with Gasteiger partial charge in [0.1, 0.15) is 11.5 Å². The van der Waals surface area contributed by atoms with E-state index < -0.39 is 17.2 Å². The standard InChI is InChI=1S/C23H25N7O3/c1-4-11-29-20-18(22(32)27-23(29)33)12-16(13-24-20)21(31)26-19-9-10-25-30(19)14-15-5-7-17(8-6-15)28(2)3/h5-10,12-13H,4,11,14H2,1-3H3,(H,26,31)(H,27,32,33). The highest BCUT2D eigenvalue weighted by Crippen LogP contribution is 2.16. The topological polar surface area (TPSA) is 118 Å². The van der Waals surface area contributed by atoms with Crippen LogP contribution in [0.1, 0.15) is 29.3 Å². The van der Waals surface area contributed by atoms with Gasteiger partial charge in [-0.15, -0.1) is 0 Å². The SMILES string of the molecule is CCCn1c(=O)[nH]c(=O)c2cc(C(=O)Nc3ccnn3Cc3ccc(N(C)C)cc3)cnc21. The summed E-state index contributed by atoms with van der Waals surface area (Å²) < 4.78 is 3.08. The molecule has 0 aliphatic heterocycles. The van der Waals surface area contributed by atoms with E-state index in [0.717, 1.165) is 11.3 Å². The van der Waals surface area contributed by atoms with Crippen LogP contribution in [-0.2, 0) is 13.1 Å². The Morgan fingerprint density at radius 3 is 2.61 bits per heavy atom. The zero-order valence-electron chi connectivity index (χ0n) is 18.7. The molecular formula is C23H25N7O3. The quantitative estimate of drug-likeness (QED) is 0.448. The molecule has 1 aromatic carbocycles. The third kappa shape index (κ3) is 4.54. The van der Waals surface area contributed by atoms with Crippen molar-refractivity contribution in [1.82, 2.24) is 24.3 Å². The van der Waals surface area contributed by atoms with Crippen LogP contribution in [-0.4, -0.2) is 44.3 Å². The summed E-state index contributed by atoms with van der Waals surface area (Å²) in [5, 5.41) is 7.31. The lowest BCUT2D eigenvalue weighted by molar-refractivity contribution is 0.102. The fourth-order valence-corrected chi connectivity index (χ4v) is 3.55. The molecule has 3 heterocycles. The summed E-state index contributed by atoms with van der Waals surface area (Å²) in [5.74, 6) is 0.0865. The fourth-order valence-electron chi connectivity index (χ4n) is 3.55. The second kappa shape index (κ2) is 9.11. The molecule has 0 saturated carbocycles. The largest absolute Gasteiger partial charge is 0.378 e. The minimum Gasteiger partial charge on any atom is -0.378 e. The number of hydrogen-bond acceptors (Lipinski definition) is 6. The lowest BCUT2D eigenvalue weighted by Crippen LogP contribution is -2.31. The van der Waals surface area contributed by atoms with Crippen molar-refractivity contribution in [2.24, 2.45) is 0 Å². The van der Waals surface area contributed by atoms with Gasteiger partial charge < -0.3 is 10.2 Å². The number of anilines is 2. The van der Waals surface area contributed by atoms with E-state index in [1.807, 2.05) is 50.2 Å². The van der Waals surface area contributed by atoms with Crippen LogP contribution in [0, 0.1) is 0 Å². The lowest BCUT2D eigenvalue weighted by atomic mass is 10.2. The van der Waals surface area contributed by atoms with Gasteiger partial charge in [0, 0.05) is 38.6 Å². The third-order valence-electron chi connectivity index (χ3n) is 5.29. The molecule has 3 aromatic heterocycles. The second-order valence-electron chi connectivity index (χ2n) is 7.90. The van der Waals surface area contributed by atoms with E-state index in [-0.39, 0.29) is 16.6 Å². The molecule has 0 atom stereocenters. The molecule has 0 unspecified atom stereocenters. The van der Waals surface area contributed by atoms with E-state index in [1.165, 1.54) is 16.8 Å². The summed E-state index contributed by atoms with van der Waals surface area (Å²) in [7, 11) is 3.96. The molecule has 10 heteroatoms. The summed E-state index contributed by atoms with van der Waals surface area (Å²) in [6, 6.07) is 11.2. The summed E-state index contributed by atoms with van der Waals surface area (Å²) in [4.78, 5) is 45.8. The van der Waals surface area contributed by atoms with Gasteiger partial charge in [-0.05, 0) is 30.2 Å². The number of pyridine rings is 1. The molecule has 0 aliphatic carbocycles. The number of carbonyl (C=O) groups is 1. The van der Waals surface area contributed by atoms with Gasteiger partial charge >= 0.3 is 5.69 Å². The Morgan fingerprint density at radius 1 is 1.15 bits per heavy atom. The predicted molar refractivity (Wildman–Crippen MR) is 127 cm³/mol. The van der Waals surface area contributed by atoms with Crippen molar-refractivity contribution in [2.45, 2.75) is 26.4 Å². The highest BCUT2D eigenvalue weighted by Gasteiger charge is 2.15. The maximum Gasteiger partial charge on any atom is 0.329 e. The molecule has 0 radical (unpaired) electrons. The first-order valence-corrected chi connectivity index (χ1v) is 10.6. The van der Waals surface area contributed by atoms with E-state index in [1.54, 1.807) is 16.9 Å². The Bertz CT molecular complexity index is 1410. The minimum atomic E-state index is -0.573. The summed E-state index contributed by atoms with van der Waals surface area (Å²) in [6.45, 7) is 2.82. The molecule has 2 N–H and O–H groups in total. The maximum absolute atomic E-state index is 12.9. The monoisotopic (exact) mass is 447 g/mol. The van der Waals surface area contributed by atoms with Crippen LogP contribution in [0.2, 0.25) is 0 Å². The Labute approximate surface area is 189 Å². The second-order valence-corrected chi connectivity index (χ2v) is 7.90. The number of nitrogens with zero attached hydrogens (tertiary/aromatic N) is 5. The van der Waals surface area contributed by atoms with Crippen LogP contribution >= 0.6 is 0 Å². The van der Waals surface area contributed by atoms with Gasteiger partial charge in [-0.2, -0.15) is 5.10 Å².